The molecule has 0 saturated carbocycles. The summed E-state index contributed by atoms with van der Waals surface area (Å²) in [5.74, 6) is 0.690. The highest BCUT2D eigenvalue weighted by Gasteiger charge is 2.17. The summed E-state index contributed by atoms with van der Waals surface area (Å²) in [6.45, 7) is 9.45. The van der Waals surface area contributed by atoms with Crippen molar-refractivity contribution in [1.82, 2.24) is 24.4 Å². The van der Waals surface area contributed by atoms with Crippen molar-refractivity contribution in [2.45, 2.75) is 19.9 Å². The summed E-state index contributed by atoms with van der Waals surface area (Å²) in [5, 5.41) is 6.19. The van der Waals surface area contributed by atoms with E-state index in [4.69, 9.17) is 9.72 Å². The monoisotopic (exact) mass is 528 g/mol. The van der Waals surface area contributed by atoms with Crippen molar-refractivity contribution in [2.24, 2.45) is 0 Å². The maximum absolute atomic E-state index is 12.2. The summed E-state index contributed by atoms with van der Waals surface area (Å²) in [5.41, 5.74) is 5.77. The van der Waals surface area contributed by atoms with Crippen LogP contribution in [0.15, 0.2) is 61.6 Å². The minimum atomic E-state index is -0.303. The molecule has 10 heteroatoms. The lowest BCUT2D eigenvalue weighted by Gasteiger charge is -2.26. The number of likely N-dealkylation sites (N-methyl/N-ethyl adjacent to an activating group) is 2. The molecule has 4 aromatic rings. The fraction of sp³-hybridized carbons (Fsp3) is 0.310. The lowest BCUT2D eigenvalue weighted by molar-refractivity contribution is -0.111. The third kappa shape index (κ3) is 6.35. The normalized spacial score (nSPS) is 11.2. The minimum Gasteiger partial charge on any atom is -0.494 e. The van der Waals surface area contributed by atoms with Gasteiger partial charge in [0.25, 0.3) is 0 Å². The van der Waals surface area contributed by atoms with Gasteiger partial charge in [-0.05, 0) is 58.3 Å². The third-order valence-corrected chi connectivity index (χ3v) is 6.38. The SMILES string of the molecule is C=CC(=O)Nc1cc(Nc2nccc(-c3ccc4ncn(C(C)C)c4c3)n2)c(OC)cc1N(C)CCN(C)C. The second-order valence-electron chi connectivity index (χ2n) is 9.83. The number of hydrogen-bond donors (Lipinski definition) is 2. The van der Waals surface area contributed by atoms with Crippen molar-refractivity contribution < 1.29 is 9.53 Å². The van der Waals surface area contributed by atoms with Crippen molar-refractivity contribution in [2.75, 3.05) is 56.9 Å². The molecule has 0 aliphatic heterocycles. The molecule has 4 rings (SSSR count). The van der Waals surface area contributed by atoms with Crippen LogP contribution in [0, 0.1) is 0 Å². The highest BCUT2D eigenvalue weighted by atomic mass is 16.5. The van der Waals surface area contributed by atoms with Crippen LogP contribution in [0.4, 0.5) is 23.0 Å². The Balaban J connectivity index is 1.69. The first-order valence-electron chi connectivity index (χ1n) is 12.8. The smallest absolute Gasteiger partial charge is 0.247 e. The number of methoxy groups -OCH3 is 1. The summed E-state index contributed by atoms with van der Waals surface area (Å²) < 4.78 is 7.85. The molecule has 1 amide bonds. The van der Waals surface area contributed by atoms with Crippen LogP contribution in [0.1, 0.15) is 19.9 Å². The Bertz CT molecular complexity index is 1480. The summed E-state index contributed by atoms with van der Waals surface area (Å²) in [7, 11) is 7.62. The van der Waals surface area contributed by atoms with Gasteiger partial charge in [-0.1, -0.05) is 12.6 Å². The standard InChI is InChI=1S/C29H36N8O2/c1-8-28(38)32-23-16-24(27(39-7)17-25(23)36(6)14-13-35(4)5)34-29-30-12-11-21(33-29)20-9-10-22-26(15-20)37(18-31-22)19(2)3/h8-12,15-19H,1,13-14H2,2-7H3,(H,32,38)(H,30,33,34). The van der Waals surface area contributed by atoms with Crippen molar-refractivity contribution in [1.29, 1.82) is 0 Å². The molecule has 2 heterocycles. The van der Waals surface area contributed by atoms with Gasteiger partial charge in [0, 0.05) is 44.0 Å². The highest BCUT2D eigenvalue weighted by Crippen LogP contribution is 2.38. The maximum Gasteiger partial charge on any atom is 0.247 e. The number of hydrogen-bond acceptors (Lipinski definition) is 8. The molecule has 2 aromatic carbocycles. The van der Waals surface area contributed by atoms with E-state index in [0.717, 1.165) is 41.1 Å². The molecule has 0 spiro atoms. The van der Waals surface area contributed by atoms with Gasteiger partial charge in [0.2, 0.25) is 11.9 Å². The Morgan fingerprint density at radius 1 is 1.10 bits per heavy atom. The largest absolute Gasteiger partial charge is 0.494 e. The molecule has 0 bridgehead atoms. The van der Waals surface area contributed by atoms with E-state index in [9.17, 15) is 4.79 Å². The molecule has 0 unspecified atom stereocenters. The number of rotatable bonds is 11. The van der Waals surface area contributed by atoms with Crippen LogP contribution in [0.5, 0.6) is 5.75 Å². The molecule has 39 heavy (non-hydrogen) atoms. The average molecular weight is 529 g/mol. The first-order chi connectivity index (χ1) is 18.7. The highest BCUT2D eigenvalue weighted by molar-refractivity contribution is 6.02. The minimum absolute atomic E-state index is 0.293. The Labute approximate surface area is 229 Å². The van der Waals surface area contributed by atoms with Crippen LogP contribution in [-0.4, -0.2) is 71.7 Å². The number of imidazole rings is 1. The van der Waals surface area contributed by atoms with Crippen LogP contribution >= 0.6 is 0 Å². The number of ether oxygens (including phenoxy) is 1. The molecule has 204 valence electrons. The van der Waals surface area contributed by atoms with Crippen molar-refractivity contribution in [3.8, 4) is 17.0 Å². The lowest BCUT2D eigenvalue weighted by atomic mass is 10.1. The van der Waals surface area contributed by atoms with Crippen LogP contribution < -0.4 is 20.3 Å². The maximum atomic E-state index is 12.2. The lowest BCUT2D eigenvalue weighted by Crippen LogP contribution is -2.29. The van der Waals surface area contributed by atoms with Crippen molar-refractivity contribution in [3.05, 3.63) is 61.6 Å². The van der Waals surface area contributed by atoms with Gasteiger partial charge in [-0.2, -0.15) is 0 Å². The quantitative estimate of drug-likeness (QED) is 0.264. The number of nitrogens with zero attached hydrogens (tertiary/aromatic N) is 6. The molecule has 0 atom stereocenters. The number of fused-ring (bicyclic) bond motifs is 1. The van der Waals surface area contributed by atoms with Gasteiger partial charge >= 0.3 is 0 Å². The summed E-state index contributed by atoms with van der Waals surface area (Å²) in [4.78, 5) is 30.1. The molecule has 2 aromatic heterocycles. The predicted octanol–water partition coefficient (Wildman–Crippen LogP) is 4.95. The number of carbonyl (C=O) groups excluding carboxylic acids is 1. The molecule has 10 nitrogen and oxygen atoms in total. The topological polar surface area (TPSA) is 100 Å². The average Bonchev–Trinajstić information content (AvgIpc) is 3.35. The van der Waals surface area contributed by atoms with Crippen LogP contribution in [0.25, 0.3) is 22.3 Å². The van der Waals surface area contributed by atoms with Gasteiger partial charge < -0.3 is 29.7 Å². The van der Waals surface area contributed by atoms with Gasteiger partial charge in [0.15, 0.2) is 0 Å². The fourth-order valence-corrected chi connectivity index (χ4v) is 4.20. The Morgan fingerprint density at radius 3 is 2.59 bits per heavy atom. The van der Waals surface area contributed by atoms with Crippen molar-refractivity contribution in [3.63, 3.8) is 0 Å². The number of carbonyl (C=O) groups is 1. The molecule has 2 N–H and O–H groups in total. The zero-order chi connectivity index (χ0) is 28.1. The van der Waals surface area contributed by atoms with Crippen LogP contribution in [0.2, 0.25) is 0 Å². The first kappa shape index (κ1) is 27.6. The number of anilines is 4. The van der Waals surface area contributed by atoms with Crippen LogP contribution in [0.3, 0.4) is 0 Å². The summed E-state index contributed by atoms with van der Waals surface area (Å²) in [6, 6.07) is 12.0. The zero-order valence-electron chi connectivity index (χ0n) is 23.4. The van der Waals surface area contributed by atoms with Gasteiger partial charge in [0.1, 0.15) is 5.75 Å². The Kier molecular flexibility index (Phi) is 8.46. The Morgan fingerprint density at radius 2 is 1.90 bits per heavy atom. The third-order valence-electron chi connectivity index (χ3n) is 6.38. The summed E-state index contributed by atoms with van der Waals surface area (Å²) >= 11 is 0. The zero-order valence-corrected chi connectivity index (χ0v) is 23.4. The van der Waals surface area contributed by atoms with E-state index in [1.54, 1.807) is 13.3 Å². The van der Waals surface area contributed by atoms with E-state index in [1.165, 1.54) is 6.08 Å². The number of aromatic nitrogens is 4. The fourth-order valence-electron chi connectivity index (χ4n) is 4.20. The molecule has 0 saturated heterocycles. The molecule has 0 aliphatic rings. The number of amides is 1. The van der Waals surface area contributed by atoms with Crippen LogP contribution in [-0.2, 0) is 4.79 Å². The van der Waals surface area contributed by atoms with E-state index < -0.39 is 0 Å². The van der Waals surface area contributed by atoms with Gasteiger partial charge in [0.05, 0.1) is 47.2 Å². The molecule has 0 radical (unpaired) electrons. The molecule has 0 fully saturated rings. The molecular formula is C29H36N8O2. The number of nitrogens with one attached hydrogen (secondary N) is 2. The van der Waals surface area contributed by atoms with E-state index in [2.05, 4.69) is 61.5 Å². The van der Waals surface area contributed by atoms with Gasteiger partial charge in [-0.25, -0.2) is 15.0 Å². The first-order valence-corrected chi connectivity index (χ1v) is 12.8. The van der Waals surface area contributed by atoms with E-state index >= 15 is 0 Å². The van der Waals surface area contributed by atoms with Gasteiger partial charge in [-0.3, -0.25) is 4.79 Å². The second-order valence-corrected chi connectivity index (χ2v) is 9.83. The summed E-state index contributed by atoms with van der Waals surface area (Å²) in [6.07, 6.45) is 4.82. The molecule has 0 aliphatic carbocycles. The Hall–Kier alpha value is -4.44. The number of benzene rings is 2. The van der Waals surface area contributed by atoms with E-state index in [0.29, 0.717) is 29.1 Å². The van der Waals surface area contributed by atoms with E-state index in [-0.39, 0.29) is 5.91 Å². The van der Waals surface area contributed by atoms with E-state index in [1.807, 2.05) is 57.8 Å². The van der Waals surface area contributed by atoms with Gasteiger partial charge in [-0.15, -0.1) is 0 Å². The molecular weight excluding hydrogens is 492 g/mol. The second kappa shape index (κ2) is 12.0. The predicted molar refractivity (Wildman–Crippen MR) is 158 cm³/mol. The van der Waals surface area contributed by atoms with Crippen molar-refractivity contribution >= 4 is 40.0 Å².